The van der Waals surface area contributed by atoms with Gasteiger partial charge in [0.15, 0.2) is 0 Å². The Balaban J connectivity index is 1.71. The molecule has 1 aliphatic rings. The van der Waals surface area contributed by atoms with Crippen LogP contribution < -0.4 is 5.32 Å². The van der Waals surface area contributed by atoms with Gasteiger partial charge in [-0.15, -0.1) is 0 Å². The molecule has 2 heterocycles. The second-order valence-corrected chi connectivity index (χ2v) is 6.28. The maximum absolute atomic E-state index is 12.2. The fourth-order valence-electron chi connectivity index (χ4n) is 2.65. The molecule has 1 aliphatic heterocycles. The van der Waals surface area contributed by atoms with E-state index in [9.17, 15) is 4.79 Å². The molecule has 0 spiro atoms. The van der Waals surface area contributed by atoms with E-state index >= 15 is 0 Å². The minimum atomic E-state index is -0.170. The molecule has 118 valence electrons. The molecule has 2 aromatic carbocycles. The van der Waals surface area contributed by atoms with Gasteiger partial charge in [-0.25, -0.2) is 0 Å². The highest BCUT2D eigenvalue weighted by atomic mass is 35.5. The number of halogens is 2. The quantitative estimate of drug-likeness (QED) is 0.595. The lowest BCUT2D eigenvalue weighted by atomic mass is 10.1. The van der Waals surface area contributed by atoms with Crippen LogP contribution in [0.15, 0.2) is 59.0 Å². The van der Waals surface area contributed by atoms with Crippen molar-refractivity contribution in [3.05, 3.63) is 76.0 Å². The normalized spacial score (nSPS) is 14.8. The number of hydrogen-bond acceptors (Lipinski definition) is 2. The summed E-state index contributed by atoms with van der Waals surface area (Å²) in [6.07, 6.45) is 1.72. The van der Waals surface area contributed by atoms with E-state index in [2.05, 4.69) is 5.32 Å². The van der Waals surface area contributed by atoms with E-state index in [1.807, 2.05) is 24.3 Å². The first kappa shape index (κ1) is 15.1. The summed E-state index contributed by atoms with van der Waals surface area (Å²) in [5, 5.41) is 4.07. The fourth-order valence-corrected chi connectivity index (χ4v) is 2.94. The molecule has 0 atom stereocenters. The summed E-state index contributed by atoms with van der Waals surface area (Å²) in [5.74, 6) is 1.14. The zero-order chi connectivity index (χ0) is 16.7. The number of furan rings is 1. The number of hydrogen-bond donors (Lipinski definition) is 1. The van der Waals surface area contributed by atoms with E-state index in [0.717, 1.165) is 16.8 Å². The third-order valence-electron chi connectivity index (χ3n) is 3.81. The topological polar surface area (TPSA) is 42.2 Å². The molecule has 1 amide bonds. The highest BCUT2D eigenvalue weighted by Gasteiger charge is 2.24. The van der Waals surface area contributed by atoms with Crippen molar-refractivity contribution in [1.29, 1.82) is 0 Å². The standard InChI is InChI=1S/C19H11Cl2NO2/c20-12-3-1-11(2-4-12)18-8-6-14(24-18)10-16-15-9-13(21)5-7-17(15)22-19(16)23/h1-10H,(H,22,23)/b16-10+. The van der Waals surface area contributed by atoms with Gasteiger partial charge in [-0.3, -0.25) is 4.79 Å². The SMILES string of the molecule is O=C1Nc2ccc(Cl)cc2/C1=C\c1ccc(-c2ccc(Cl)cc2)o1. The molecule has 0 bridgehead atoms. The lowest BCUT2D eigenvalue weighted by molar-refractivity contribution is -0.110. The van der Waals surface area contributed by atoms with E-state index in [1.54, 1.807) is 36.4 Å². The Kier molecular flexibility index (Phi) is 3.68. The van der Waals surface area contributed by atoms with Gasteiger partial charge >= 0.3 is 0 Å². The molecule has 24 heavy (non-hydrogen) atoms. The summed E-state index contributed by atoms with van der Waals surface area (Å²) in [5.41, 5.74) is 2.98. The lowest BCUT2D eigenvalue weighted by Crippen LogP contribution is -2.03. The van der Waals surface area contributed by atoms with E-state index in [1.165, 1.54) is 0 Å². The van der Waals surface area contributed by atoms with Crippen molar-refractivity contribution in [3.63, 3.8) is 0 Å². The van der Waals surface area contributed by atoms with Crippen LogP contribution in [0.4, 0.5) is 5.69 Å². The number of benzene rings is 2. The van der Waals surface area contributed by atoms with Crippen LogP contribution in [0, 0.1) is 0 Å². The molecule has 3 nitrogen and oxygen atoms in total. The van der Waals surface area contributed by atoms with Crippen LogP contribution in [0.25, 0.3) is 23.0 Å². The van der Waals surface area contributed by atoms with Gasteiger partial charge in [0.05, 0.1) is 5.57 Å². The van der Waals surface area contributed by atoms with Crippen molar-refractivity contribution in [2.45, 2.75) is 0 Å². The Hall–Kier alpha value is -2.49. The number of carbonyl (C=O) groups excluding carboxylic acids is 1. The lowest BCUT2D eigenvalue weighted by Gasteiger charge is -1.99. The van der Waals surface area contributed by atoms with Gasteiger partial charge in [-0.2, -0.15) is 0 Å². The van der Waals surface area contributed by atoms with Crippen LogP contribution in [-0.2, 0) is 4.79 Å². The third kappa shape index (κ3) is 2.73. The number of fused-ring (bicyclic) bond motifs is 1. The van der Waals surface area contributed by atoms with Crippen molar-refractivity contribution in [2.24, 2.45) is 0 Å². The van der Waals surface area contributed by atoms with Gasteiger partial charge < -0.3 is 9.73 Å². The van der Waals surface area contributed by atoms with Crippen molar-refractivity contribution in [3.8, 4) is 11.3 Å². The largest absolute Gasteiger partial charge is 0.457 e. The molecule has 3 aromatic rings. The summed E-state index contributed by atoms with van der Waals surface area (Å²) in [6.45, 7) is 0. The van der Waals surface area contributed by atoms with Gasteiger partial charge in [0.1, 0.15) is 11.5 Å². The van der Waals surface area contributed by atoms with E-state index in [-0.39, 0.29) is 5.91 Å². The van der Waals surface area contributed by atoms with Crippen molar-refractivity contribution in [1.82, 2.24) is 0 Å². The number of nitrogens with one attached hydrogen (secondary N) is 1. The molecule has 0 aliphatic carbocycles. The Bertz CT molecular complexity index is 971. The van der Waals surface area contributed by atoms with Crippen LogP contribution >= 0.6 is 23.2 Å². The molecular weight excluding hydrogens is 345 g/mol. The molecule has 1 N–H and O–H groups in total. The first-order valence-electron chi connectivity index (χ1n) is 7.29. The van der Waals surface area contributed by atoms with Gasteiger partial charge in [0, 0.05) is 26.9 Å². The van der Waals surface area contributed by atoms with E-state index in [4.69, 9.17) is 27.6 Å². The van der Waals surface area contributed by atoms with Crippen LogP contribution in [0.5, 0.6) is 0 Å². The highest BCUT2D eigenvalue weighted by molar-refractivity contribution is 6.36. The van der Waals surface area contributed by atoms with E-state index < -0.39 is 0 Å². The Morgan fingerprint density at radius 2 is 1.67 bits per heavy atom. The predicted molar refractivity (Wildman–Crippen MR) is 97.1 cm³/mol. The fraction of sp³-hybridized carbons (Fsp3) is 0. The molecule has 0 radical (unpaired) electrons. The Labute approximate surface area is 148 Å². The Morgan fingerprint density at radius 1 is 0.917 bits per heavy atom. The smallest absolute Gasteiger partial charge is 0.256 e. The highest BCUT2D eigenvalue weighted by Crippen LogP contribution is 2.35. The average molecular weight is 356 g/mol. The summed E-state index contributed by atoms with van der Waals surface area (Å²) in [7, 11) is 0. The molecule has 4 rings (SSSR count). The van der Waals surface area contributed by atoms with Gasteiger partial charge in [0.25, 0.3) is 5.91 Å². The zero-order valence-electron chi connectivity index (χ0n) is 12.3. The maximum atomic E-state index is 12.2. The van der Waals surface area contributed by atoms with Crippen molar-refractivity contribution in [2.75, 3.05) is 5.32 Å². The van der Waals surface area contributed by atoms with Crippen LogP contribution in [0.2, 0.25) is 10.0 Å². The van der Waals surface area contributed by atoms with Gasteiger partial charge in [-0.05, 0) is 60.7 Å². The third-order valence-corrected chi connectivity index (χ3v) is 4.29. The Morgan fingerprint density at radius 3 is 2.46 bits per heavy atom. The van der Waals surface area contributed by atoms with Crippen LogP contribution in [0.3, 0.4) is 0 Å². The summed E-state index contributed by atoms with van der Waals surface area (Å²) in [4.78, 5) is 12.2. The number of carbonyl (C=O) groups is 1. The average Bonchev–Trinajstić information content (AvgIpc) is 3.14. The number of anilines is 1. The minimum absolute atomic E-state index is 0.170. The molecule has 1 aromatic heterocycles. The monoisotopic (exact) mass is 355 g/mol. The minimum Gasteiger partial charge on any atom is -0.457 e. The molecule has 0 saturated heterocycles. The predicted octanol–water partition coefficient (Wildman–Crippen LogP) is 5.75. The molecule has 0 saturated carbocycles. The summed E-state index contributed by atoms with van der Waals surface area (Å²) in [6, 6.07) is 16.4. The summed E-state index contributed by atoms with van der Waals surface area (Å²) < 4.78 is 5.83. The number of rotatable bonds is 2. The van der Waals surface area contributed by atoms with Crippen molar-refractivity contribution >= 4 is 46.4 Å². The van der Waals surface area contributed by atoms with Gasteiger partial charge in [-0.1, -0.05) is 23.2 Å². The second-order valence-electron chi connectivity index (χ2n) is 5.41. The second kappa shape index (κ2) is 5.86. The summed E-state index contributed by atoms with van der Waals surface area (Å²) >= 11 is 11.9. The zero-order valence-corrected chi connectivity index (χ0v) is 13.9. The molecular formula is C19H11Cl2NO2. The van der Waals surface area contributed by atoms with Crippen molar-refractivity contribution < 1.29 is 9.21 Å². The van der Waals surface area contributed by atoms with Crippen LogP contribution in [-0.4, -0.2) is 5.91 Å². The van der Waals surface area contributed by atoms with Gasteiger partial charge in [0.2, 0.25) is 0 Å². The first-order chi connectivity index (χ1) is 11.6. The van der Waals surface area contributed by atoms with Crippen LogP contribution in [0.1, 0.15) is 11.3 Å². The maximum Gasteiger partial charge on any atom is 0.256 e. The van der Waals surface area contributed by atoms with E-state index in [0.29, 0.717) is 27.1 Å². The number of amides is 1. The first-order valence-corrected chi connectivity index (χ1v) is 8.04. The molecule has 0 unspecified atom stereocenters. The molecule has 5 heteroatoms. The molecule has 0 fully saturated rings.